The second kappa shape index (κ2) is 9.44. The number of nitrogens with one attached hydrogen (secondary N) is 2. The zero-order valence-corrected chi connectivity index (χ0v) is 20.0. The Bertz CT molecular complexity index is 1210. The van der Waals surface area contributed by atoms with Crippen molar-refractivity contribution in [1.29, 1.82) is 0 Å². The second-order valence-corrected chi connectivity index (χ2v) is 11.1. The molecule has 2 aromatic rings. The molecular formula is C21H30F2N6O4S. The van der Waals surface area contributed by atoms with Crippen molar-refractivity contribution in [3.8, 4) is 0 Å². The average Bonchev–Trinajstić information content (AvgIpc) is 3.13. The SMILES string of the molecule is CNS(=O)(=O)N1CCC(Nc2ncc3cc(CC(F)F)c(=O)n([C@H]4CCC[C@]4(C)O)c3n2)CC1. The molecule has 1 aliphatic carbocycles. The summed E-state index contributed by atoms with van der Waals surface area (Å²) in [6.07, 6.45) is 0.939. The van der Waals surface area contributed by atoms with Gasteiger partial charge in [0.1, 0.15) is 5.65 Å². The first kappa shape index (κ1) is 24.9. The molecule has 34 heavy (non-hydrogen) atoms. The van der Waals surface area contributed by atoms with Crippen molar-refractivity contribution >= 4 is 27.2 Å². The average molecular weight is 501 g/mol. The van der Waals surface area contributed by atoms with Gasteiger partial charge in [-0.15, -0.1) is 0 Å². The van der Waals surface area contributed by atoms with Crippen LogP contribution in [0.1, 0.15) is 50.6 Å². The van der Waals surface area contributed by atoms with Crippen LogP contribution in [0.15, 0.2) is 17.1 Å². The zero-order valence-electron chi connectivity index (χ0n) is 19.2. The van der Waals surface area contributed by atoms with Crippen LogP contribution in [0, 0.1) is 0 Å². The summed E-state index contributed by atoms with van der Waals surface area (Å²) < 4.78 is 55.2. The standard InChI is InChI=1S/C21H30F2N6O4S/c1-21(31)7-3-4-16(21)29-18-14(10-13(19(29)30)11-17(22)23)12-25-20(27-18)26-15-5-8-28(9-6-15)34(32,33)24-2/h10,12,15-17,24,31H,3-9,11H2,1-2H3,(H,25,26,27)/t16-,21-/m0/s1. The number of aromatic nitrogens is 3. The zero-order chi connectivity index (χ0) is 24.7. The van der Waals surface area contributed by atoms with Gasteiger partial charge < -0.3 is 10.4 Å². The predicted molar refractivity (Wildman–Crippen MR) is 123 cm³/mol. The largest absolute Gasteiger partial charge is 0.388 e. The maximum absolute atomic E-state index is 13.2. The van der Waals surface area contributed by atoms with Crippen molar-refractivity contribution in [2.75, 3.05) is 25.5 Å². The Kier molecular flexibility index (Phi) is 6.91. The van der Waals surface area contributed by atoms with Crippen molar-refractivity contribution in [2.24, 2.45) is 0 Å². The highest BCUT2D eigenvalue weighted by Gasteiger charge is 2.40. The Balaban J connectivity index is 1.66. The molecule has 1 saturated heterocycles. The molecule has 0 aromatic carbocycles. The summed E-state index contributed by atoms with van der Waals surface area (Å²) in [5.74, 6) is 0.259. The lowest BCUT2D eigenvalue weighted by atomic mass is 9.99. The molecule has 0 spiro atoms. The molecule has 3 N–H and O–H groups in total. The highest BCUT2D eigenvalue weighted by molar-refractivity contribution is 7.87. The number of nitrogens with zero attached hydrogens (tertiary/aromatic N) is 4. The molecule has 0 bridgehead atoms. The van der Waals surface area contributed by atoms with Gasteiger partial charge in [0, 0.05) is 49.7 Å². The van der Waals surface area contributed by atoms with Crippen molar-refractivity contribution in [1.82, 2.24) is 23.6 Å². The van der Waals surface area contributed by atoms with E-state index in [0.29, 0.717) is 50.6 Å². The maximum Gasteiger partial charge on any atom is 0.279 e. The van der Waals surface area contributed by atoms with Crippen LogP contribution in [0.5, 0.6) is 0 Å². The predicted octanol–water partition coefficient (Wildman–Crippen LogP) is 1.42. The molecule has 188 valence electrons. The quantitative estimate of drug-likeness (QED) is 0.524. The van der Waals surface area contributed by atoms with E-state index in [1.807, 2.05) is 0 Å². The number of piperidine rings is 1. The number of rotatable bonds is 7. The number of pyridine rings is 1. The summed E-state index contributed by atoms with van der Waals surface area (Å²) in [6, 6.07) is 0.737. The number of hydrogen-bond donors (Lipinski definition) is 3. The van der Waals surface area contributed by atoms with Crippen molar-refractivity contribution in [3.63, 3.8) is 0 Å². The van der Waals surface area contributed by atoms with E-state index in [4.69, 9.17) is 0 Å². The fraction of sp³-hybridized carbons (Fsp3) is 0.667. The topological polar surface area (TPSA) is 129 Å². The summed E-state index contributed by atoms with van der Waals surface area (Å²) in [5.41, 5.74) is -1.49. The van der Waals surface area contributed by atoms with Gasteiger partial charge in [-0.05, 0) is 45.1 Å². The normalized spacial score (nSPS) is 24.8. The van der Waals surface area contributed by atoms with Crippen LogP contribution < -0.4 is 15.6 Å². The number of anilines is 1. The molecule has 4 rings (SSSR count). The summed E-state index contributed by atoms with van der Waals surface area (Å²) in [5, 5.41) is 14.5. The Hall–Kier alpha value is -2.22. The number of halogens is 2. The number of fused-ring (bicyclic) bond motifs is 1. The third-order valence-electron chi connectivity index (χ3n) is 6.80. The first-order valence-corrected chi connectivity index (χ1v) is 12.8. The molecule has 3 heterocycles. The molecule has 2 aromatic heterocycles. The van der Waals surface area contributed by atoms with Crippen LogP contribution in [0.3, 0.4) is 0 Å². The molecule has 13 heteroatoms. The maximum atomic E-state index is 13.2. The Morgan fingerprint density at radius 1 is 1.29 bits per heavy atom. The van der Waals surface area contributed by atoms with Crippen LogP contribution in [0.25, 0.3) is 11.0 Å². The smallest absolute Gasteiger partial charge is 0.279 e. The van der Waals surface area contributed by atoms with Crippen LogP contribution in [0.4, 0.5) is 14.7 Å². The number of aliphatic hydroxyl groups is 1. The van der Waals surface area contributed by atoms with Crippen molar-refractivity contribution in [3.05, 3.63) is 28.2 Å². The summed E-state index contributed by atoms with van der Waals surface area (Å²) in [6.45, 7) is 2.32. The number of hydrogen-bond acceptors (Lipinski definition) is 7. The van der Waals surface area contributed by atoms with E-state index in [-0.39, 0.29) is 23.2 Å². The van der Waals surface area contributed by atoms with E-state index in [1.165, 1.54) is 28.2 Å². The molecule has 1 saturated carbocycles. The van der Waals surface area contributed by atoms with Gasteiger partial charge in [-0.25, -0.2) is 18.5 Å². The minimum Gasteiger partial charge on any atom is -0.388 e. The van der Waals surface area contributed by atoms with E-state index in [2.05, 4.69) is 20.0 Å². The molecule has 2 aliphatic rings. The van der Waals surface area contributed by atoms with Gasteiger partial charge in [0.05, 0.1) is 11.6 Å². The lowest BCUT2D eigenvalue weighted by Gasteiger charge is -2.31. The van der Waals surface area contributed by atoms with Crippen LogP contribution >= 0.6 is 0 Å². The van der Waals surface area contributed by atoms with Gasteiger partial charge in [0.25, 0.3) is 15.8 Å². The first-order chi connectivity index (χ1) is 16.0. The highest BCUT2D eigenvalue weighted by Crippen LogP contribution is 2.39. The van der Waals surface area contributed by atoms with Gasteiger partial charge in [-0.3, -0.25) is 9.36 Å². The molecule has 0 unspecified atom stereocenters. The molecule has 10 nitrogen and oxygen atoms in total. The van der Waals surface area contributed by atoms with Crippen LogP contribution in [-0.2, 0) is 16.6 Å². The van der Waals surface area contributed by atoms with Gasteiger partial charge in [0.15, 0.2) is 0 Å². The van der Waals surface area contributed by atoms with Crippen molar-refractivity contribution < 1.29 is 22.3 Å². The molecule has 2 fully saturated rings. The Morgan fingerprint density at radius 2 is 2.00 bits per heavy atom. The fourth-order valence-corrected chi connectivity index (χ4v) is 5.89. The Labute approximate surface area is 196 Å². The van der Waals surface area contributed by atoms with Gasteiger partial charge in [-0.2, -0.15) is 17.7 Å². The van der Waals surface area contributed by atoms with Crippen LogP contribution in [0.2, 0.25) is 0 Å². The minimum atomic E-state index is -3.48. The molecule has 1 aliphatic heterocycles. The summed E-state index contributed by atoms with van der Waals surface area (Å²) in [4.78, 5) is 22.1. The first-order valence-electron chi connectivity index (χ1n) is 11.4. The van der Waals surface area contributed by atoms with E-state index in [0.717, 1.165) is 0 Å². The molecular weight excluding hydrogens is 470 g/mol. The molecule has 0 radical (unpaired) electrons. The van der Waals surface area contributed by atoms with Gasteiger partial charge in [-0.1, -0.05) is 0 Å². The number of alkyl halides is 2. The second-order valence-electron chi connectivity index (χ2n) is 9.20. The summed E-state index contributed by atoms with van der Waals surface area (Å²) >= 11 is 0. The fourth-order valence-electron chi connectivity index (χ4n) is 4.94. The monoisotopic (exact) mass is 500 g/mol. The third-order valence-corrected chi connectivity index (χ3v) is 8.36. The van der Waals surface area contributed by atoms with Gasteiger partial charge >= 0.3 is 0 Å². The highest BCUT2D eigenvalue weighted by atomic mass is 32.2. The minimum absolute atomic E-state index is 0.0346. The lowest BCUT2D eigenvalue weighted by molar-refractivity contribution is 0.0265. The molecule has 2 atom stereocenters. The third kappa shape index (κ3) is 4.92. The van der Waals surface area contributed by atoms with E-state index in [1.54, 1.807) is 6.92 Å². The van der Waals surface area contributed by atoms with E-state index >= 15 is 0 Å². The van der Waals surface area contributed by atoms with E-state index in [9.17, 15) is 27.1 Å². The van der Waals surface area contributed by atoms with Crippen LogP contribution in [-0.4, -0.2) is 70.6 Å². The molecule has 0 amide bonds. The van der Waals surface area contributed by atoms with Crippen molar-refractivity contribution in [2.45, 2.75) is 69.6 Å². The van der Waals surface area contributed by atoms with Gasteiger partial charge in [0.2, 0.25) is 12.4 Å². The summed E-state index contributed by atoms with van der Waals surface area (Å²) in [7, 11) is -2.11. The lowest BCUT2D eigenvalue weighted by Crippen LogP contribution is -2.46. The van der Waals surface area contributed by atoms with E-state index < -0.39 is 40.3 Å². The Morgan fingerprint density at radius 3 is 2.59 bits per heavy atom.